The van der Waals surface area contributed by atoms with E-state index in [9.17, 15) is 0 Å². The maximum Gasteiger partial charge on any atom is 0.119 e. The zero-order chi connectivity index (χ0) is 13.9. The first-order chi connectivity index (χ1) is 9.30. The minimum atomic E-state index is 0.201. The van der Waals surface area contributed by atoms with E-state index in [0.717, 1.165) is 31.0 Å². The van der Waals surface area contributed by atoms with Crippen LogP contribution < -0.4 is 9.47 Å². The first kappa shape index (κ1) is 15.8. The first-order valence-corrected chi connectivity index (χ1v) is 6.90. The number of nitrogens with zero attached hydrogens (tertiary/aromatic N) is 1. The fourth-order valence-corrected chi connectivity index (χ4v) is 1.82. The van der Waals surface area contributed by atoms with Crippen molar-refractivity contribution in [1.29, 1.82) is 0 Å². The Labute approximate surface area is 115 Å². The highest BCUT2D eigenvalue weighted by atomic mass is 16.5. The van der Waals surface area contributed by atoms with Crippen LogP contribution in [0.1, 0.15) is 19.8 Å². The SMILES string of the molecule is CCCCN(CCO)CCOc1ccc(OC)cc1. The Balaban J connectivity index is 2.29. The molecule has 1 aromatic rings. The lowest BCUT2D eigenvalue weighted by Crippen LogP contribution is -2.32. The van der Waals surface area contributed by atoms with E-state index in [-0.39, 0.29) is 6.61 Å². The van der Waals surface area contributed by atoms with Gasteiger partial charge in [0, 0.05) is 13.1 Å². The molecule has 0 saturated carbocycles. The van der Waals surface area contributed by atoms with Crippen LogP contribution >= 0.6 is 0 Å². The summed E-state index contributed by atoms with van der Waals surface area (Å²) >= 11 is 0. The average Bonchev–Trinajstić information content (AvgIpc) is 2.45. The number of aliphatic hydroxyl groups is 1. The molecule has 0 atom stereocenters. The van der Waals surface area contributed by atoms with Crippen molar-refractivity contribution in [3.05, 3.63) is 24.3 Å². The number of ether oxygens (including phenoxy) is 2. The normalized spacial score (nSPS) is 10.7. The second-order valence-electron chi connectivity index (χ2n) is 4.44. The molecule has 0 aromatic heterocycles. The quantitative estimate of drug-likeness (QED) is 0.705. The van der Waals surface area contributed by atoms with Gasteiger partial charge in [0.15, 0.2) is 0 Å². The summed E-state index contributed by atoms with van der Waals surface area (Å²) in [6.07, 6.45) is 2.32. The third kappa shape index (κ3) is 6.45. The Hall–Kier alpha value is -1.26. The number of hydrogen-bond acceptors (Lipinski definition) is 4. The van der Waals surface area contributed by atoms with Gasteiger partial charge in [-0.1, -0.05) is 13.3 Å². The highest BCUT2D eigenvalue weighted by molar-refractivity contribution is 5.31. The smallest absolute Gasteiger partial charge is 0.119 e. The van der Waals surface area contributed by atoms with Crippen molar-refractivity contribution in [2.75, 3.05) is 40.0 Å². The molecular weight excluding hydrogens is 242 g/mol. The zero-order valence-electron chi connectivity index (χ0n) is 12.0. The van der Waals surface area contributed by atoms with Gasteiger partial charge in [0.2, 0.25) is 0 Å². The van der Waals surface area contributed by atoms with Crippen LogP contribution in [0, 0.1) is 0 Å². The number of benzene rings is 1. The summed E-state index contributed by atoms with van der Waals surface area (Å²) < 4.78 is 10.8. The standard InChI is InChI=1S/C15H25NO3/c1-3-4-9-16(10-12-17)11-13-19-15-7-5-14(18-2)6-8-15/h5-8,17H,3-4,9-13H2,1-2H3. The highest BCUT2D eigenvalue weighted by Crippen LogP contribution is 2.16. The molecule has 0 radical (unpaired) electrons. The number of aliphatic hydroxyl groups excluding tert-OH is 1. The van der Waals surface area contributed by atoms with E-state index < -0.39 is 0 Å². The molecule has 0 bridgehead atoms. The molecule has 0 aliphatic heterocycles. The van der Waals surface area contributed by atoms with Crippen molar-refractivity contribution in [3.63, 3.8) is 0 Å². The first-order valence-electron chi connectivity index (χ1n) is 6.90. The lowest BCUT2D eigenvalue weighted by Gasteiger charge is -2.21. The van der Waals surface area contributed by atoms with Crippen molar-refractivity contribution >= 4 is 0 Å². The van der Waals surface area contributed by atoms with Crippen LogP contribution in [0.25, 0.3) is 0 Å². The maximum atomic E-state index is 9.01. The Morgan fingerprint density at radius 1 is 1.05 bits per heavy atom. The van der Waals surface area contributed by atoms with Gasteiger partial charge in [-0.2, -0.15) is 0 Å². The fraction of sp³-hybridized carbons (Fsp3) is 0.600. The van der Waals surface area contributed by atoms with Crippen LogP contribution in [-0.2, 0) is 0 Å². The van der Waals surface area contributed by atoms with Gasteiger partial charge >= 0.3 is 0 Å². The topological polar surface area (TPSA) is 41.9 Å². The van der Waals surface area contributed by atoms with Crippen molar-refractivity contribution in [2.45, 2.75) is 19.8 Å². The molecule has 0 amide bonds. The highest BCUT2D eigenvalue weighted by Gasteiger charge is 2.04. The molecule has 0 heterocycles. The maximum absolute atomic E-state index is 9.01. The van der Waals surface area contributed by atoms with E-state index in [2.05, 4.69) is 11.8 Å². The molecule has 4 heteroatoms. The largest absolute Gasteiger partial charge is 0.497 e. The molecule has 0 unspecified atom stereocenters. The summed E-state index contributed by atoms with van der Waals surface area (Å²) in [6.45, 7) is 5.58. The van der Waals surface area contributed by atoms with E-state index in [4.69, 9.17) is 14.6 Å². The lowest BCUT2D eigenvalue weighted by atomic mass is 10.3. The number of rotatable bonds is 10. The van der Waals surface area contributed by atoms with Crippen LogP contribution in [0.3, 0.4) is 0 Å². The van der Waals surface area contributed by atoms with Gasteiger partial charge in [-0.3, -0.25) is 4.90 Å². The summed E-state index contributed by atoms with van der Waals surface area (Å²) in [5.41, 5.74) is 0. The van der Waals surface area contributed by atoms with E-state index in [1.165, 1.54) is 6.42 Å². The van der Waals surface area contributed by atoms with Crippen molar-refractivity contribution < 1.29 is 14.6 Å². The van der Waals surface area contributed by atoms with E-state index in [1.807, 2.05) is 24.3 Å². The van der Waals surface area contributed by atoms with Gasteiger partial charge in [-0.15, -0.1) is 0 Å². The van der Waals surface area contributed by atoms with E-state index in [1.54, 1.807) is 7.11 Å². The van der Waals surface area contributed by atoms with Crippen molar-refractivity contribution in [1.82, 2.24) is 4.90 Å². The molecule has 0 fully saturated rings. The van der Waals surface area contributed by atoms with Crippen molar-refractivity contribution in [2.24, 2.45) is 0 Å². The summed E-state index contributed by atoms with van der Waals surface area (Å²) in [4.78, 5) is 2.23. The molecule has 1 N–H and O–H groups in total. The van der Waals surface area contributed by atoms with E-state index >= 15 is 0 Å². The molecule has 0 spiro atoms. The Kier molecular flexibility index (Phi) is 8.02. The average molecular weight is 267 g/mol. The van der Waals surface area contributed by atoms with Crippen LogP contribution in [0.2, 0.25) is 0 Å². The molecule has 108 valence electrons. The van der Waals surface area contributed by atoms with Gasteiger partial charge < -0.3 is 14.6 Å². The van der Waals surface area contributed by atoms with Gasteiger partial charge in [-0.05, 0) is 37.2 Å². The third-order valence-corrected chi connectivity index (χ3v) is 2.98. The minimum Gasteiger partial charge on any atom is -0.497 e. The van der Waals surface area contributed by atoms with Gasteiger partial charge in [-0.25, -0.2) is 0 Å². The monoisotopic (exact) mass is 267 g/mol. The second-order valence-corrected chi connectivity index (χ2v) is 4.44. The predicted molar refractivity (Wildman–Crippen MR) is 76.9 cm³/mol. The molecule has 1 rings (SSSR count). The van der Waals surface area contributed by atoms with Gasteiger partial charge in [0.25, 0.3) is 0 Å². The molecule has 0 aliphatic carbocycles. The number of hydrogen-bond donors (Lipinski definition) is 1. The Morgan fingerprint density at radius 3 is 2.32 bits per heavy atom. The molecule has 0 saturated heterocycles. The lowest BCUT2D eigenvalue weighted by molar-refractivity contribution is 0.167. The molecule has 1 aromatic carbocycles. The number of methoxy groups -OCH3 is 1. The van der Waals surface area contributed by atoms with Crippen molar-refractivity contribution in [3.8, 4) is 11.5 Å². The molecule has 19 heavy (non-hydrogen) atoms. The predicted octanol–water partition coefficient (Wildman–Crippen LogP) is 2.17. The summed E-state index contributed by atoms with van der Waals surface area (Å²) in [5.74, 6) is 1.68. The number of unbranched alkanes of at least 4 members (excludes halogenated alkanes) is 1. The fourth-order valence-electron chi connectivity index (χ4n) is 1.82. The zero-order valence-corrected chi connectivity index (χ0v) is 12.0. The van der Waals surface area contributed by atoms with Gasteiger partial charge in [0.1, 0.15) is 18.1 Å². The molecule has 4 nitrogen and oxygen atoms in total. The summed E-state index contributed by atoms with van der Waals surface area (Å²) in [7, 11) is 1.65. The molecular formula is C15H25NO3. The second kappa shape index (κ2) is 9.64. The Morgan fingerprint density at radius 2 is 1.74 bits per heavy atom. The van der Waals surface area contributed by atoms with Crippen LogP contribution in [0.5, 0.6) is 11.5 Å². The minimum absolute atomic E-state index is 0.201. The van der Waals surface area contributed by atoms with Crippen LogP contribution in [-0.4, -0.2) is 50.0 Å². The van der Waals surface area contributed by atoms with E-state index in [0.29, 0.717) is 13.2 Å². The summed E-state index contributed by atoms with van der Waals surface area (Å²) in [6, 6.07) is 7.58. The third-order valence-electron chi connectivity index (χ3n) is 2.98. The van der Waals surface area contributed by atoms with Crippen LogP contribution in [0.15, 0.2) is 24.3 Å². The van der Waals surface area contributed by atoms with Crippen LogP contribution in [0.4, 0.5) is 0 Å². The van der Waals surface area contributed by atoms with Gasteiger partial charge in [0.05, 0.1) is 13.7 Å². The summed E-state index contributed by atoms with van der Waals surface area (Å²) in [5, 5.41) is 9.01. The Bertz CT molecular complexity index is 327. The molecule has 0 aliphatic rings.